The number of likely N-dealkylation sites (tertiary alicyclic amines) is 1. The molecule has 0 aromatic heterocycles. The smallest absolute Gasteiger partial charge is 0.337 e. The van der Waals surface area contributed by atoms with Gasteiger partial charge in [0.1, 0.15) is 0 Å². The molecule has 30 heavy (non-hydrogen) atoms. The number of piperidine rings is 1. The topological polar surface area (TPSA) is 66.9 Å². The Morgan fingerprint density at radius 1 is 0.933 bits per heavy atom. The lowest BCUT2D eigenvalue weighted by Gasteiger charge is -2.32. The molecule has 154 valence electrons. The van der Waals surface area contributed by atoms with E-state index in [0.717, 1.165) is 42.1 Å². The predicted molar refractivity (Wildman–Crippen MR) is 115 cm³/mol. The fourth-order valence-electron chi connectivity index (χ4n) is 4.25. The highest BCUT2D eigenvalue weighted by Crippen LogP contribution is 2.43. The second-order valence-electron chi connectivity index (χ2n) is 7.52. The molecule has 0 spiro atoms. The lowest BCUT2D eigenvalue weighted by atomic mass is 9.97. The van der Waals surface area contributed by atoms with Gasteiger partial charge in [-0.05, 0) is 37.0 Å². The van der Waals surface area contributed by atoms with Crippen LogP contribution < -0.4 is 4.90 Å². The van der Waals surface area contributed by atoms with Crippen molar-refractivity contribution in [3.63, 3.8) is 0 Å². The lowest BCUT2D eigenvalue weighted by Crippen LogP contribution is -2.33. The van der Waals surface area contributed by atoms with Gasteiger partial charge in [-0.2, -0.15) is 0 Å². The fourth-order valence-corrected chi connectivity index (χ4v) is 4.25. The van der Waals surface area contributed by atoms with Crippen molar-refractivity contribution in [3.8, 4) is 0 Å². The Kier molecular flexibility index (Phi) is 5.40. The minimum atomic E-state index is -0.509. The minimum absolute atomic E-state index is 0.302. The van der Waals surface area contributed by atoms with Crippen LogP contribution in [0.1, 0.15) is 47.7 Å². The van der Waals surface area contributed by atoms with Crippen molar-refractivity contribution >= 4 is 34.7 Å². The summed E-state index contributed by atoms with van der Waals surface area (Å²) in [6.07, 6.45) is 3.28. The van der Waals surface area contributed by atoms with E-state index >= 15 is 0 Å². The van der Waals surface area contributed by atoms with Gasteiger partial charge in [0.25, 0.3) is 5.91 Å². The van der Waals surface area contributed by atoms with Gasteiger partial charge >= 0.3 is 5.97 Å². The zero-order valence-electron chi connectivity index (χ0n) is 17.2. The van der Waals surface area contributed by atoms with Crippen LogP contribution in [0.15, 0.2) is 48.5 Å². The number of carbonyl (C=O) groups is 3. The summed E-state index contributed by atoms with van der Waals surface area (Å²) in [5.41, 5.74) is 3.68. The number of methoxy groups -OCH3 is 1. The summed E-state index contributed by atoms with van der Waals surface area (Å²) >= 11 is 0. The summed E-state index contributed by atoms with van der Waals surface area (Å²) in [6.45, 7) is 3.08. The molecule has 1 fully saturated rings. The lowest BCUT2D eigenvalue weighted by molar-refractivity contribution is -0.122. The summed E-state index contributed by atoms with van der Waals surface area (Å²) in [5, 5.41) is 0. The monoisotopic (exact) mass is 404 g/mol. The Bertz CT molecular complexity index is 1040. The number of nitrogens with zero attached hydrogens (tertiary/aromatic N) is 2. The molecule has 0 N–H and O–H groups in total. The van der Waals surface area contributed by atoms with Gasteiger partial charge in [-0.1, -0.05) is 36.4 Å². The average Bonchev–Trinajstić information content (AvgIpc) is 3.06. The number of hydrogen-bond acceptors (Lipinski definition) is 5. The Labute approximate surface area is 175 Å². The number of carbonyl (C=O) groups excluding carboxylic acids is 3. The normalized spacial score (nSPS) is 17.6. The predicted octanol–water partition coefficient (Wildman–Crippen LogP) is 3.72. The van der Waals surface area contributed by atoms with E-state index in [2.05, 4.69) is 4.90 Å². The summed E-state index contributed by atoms with van der Waals surface area (Å²) in [6, 6.07) is 14.8. The van der Waals surface area contributed by atoms with Crippen LogP contribution in [0.2, 0.25) is 0 Å². The molecular weight excluding hydrogens is 380 g/mol. The fraction of sp³-hybridized carbons (Fsp3) is 0.292. The van der Waals surface area contributed by atoms with E-state index in [0.29, 0.717) is 22.4 Å². The maximum atomic E-state index is 13.5. The van der Waals surface area contributed by atoms with Crippen LogP contribution in [0.25, 0.3) is 11.3 Å². The van der Waals surface area contributed by atoms with Crippen molar-refractivity contribution in [1.82, 2.24) is 4.90 Å². The molecule has 4 rings (SSSR count). The van der Waals surface area contributed by atoms with Crippen molar-refractivity contribution in [2.75, 3.05) is 25.1 Å². The molecule has 2 aliphatic heterocycles. The van der Waals surface area contributed by atoms with Crippen molar-refractivity contribution in [3.05, 3.63) is 65.2 Å². The summed E-state index contributed by atoms with van der Waals surface area (Å²) in [4.78, 5) is 41.3. The highest BCUT2D eigenvalue weighted by atomic mass is 16.5. The first-order valence-electron chi connectivity index (χ1n) is 10.2. The number of esters is 1. The Morgan fingerprint density at radius 3 is 2.27 bits per heavy atom. The van der Waals surface area contributed by atoms with Gasteiger partial charge in [-0.25, -0.2) is 9.69 Å². The molecule has 0 radical (unpaired) electrons. The molecule has 2 heterocycles. The molecule has 0 aliphatic carbocycles. The molecule has 0 atom stereocenters. The van der Waals surface area contributed by atoms with E-state index in [9.17, 15) is 14.4 Å². The summed E-state index contributed by atoms with van der Waals surface area (Å²) in [7, 11) is 1.30. The van der Waals surface area contributed by atoms with Gasteiger partial charge < -0.3 is 9.64 Å². The van der Waals surface area contributed by atoms with Crippen LogP contribution in [-0.4, -0.2) is 42.9 Å². The Morgan fingerprint density at radius 2 is 1.63 bits per heavy atom. The number of fused-ring (bicyclic) bond motifs is 1. The maximum Gasteiger partial charge on any atom is 0.337 e. The SMILES string of the molecule is COC(=O)c1ccc2c(c1)N(C(C)=O)C(=O)/C2=C(\c1ccccc1)N1CCCCC1. The zero-order chi connectivity index (χ0) is 21.3. The van der Waals surface area contributed by atoms with E-state index in [4.69, 9.17) is 4.74 Å². The summed E-state index contributed by atoms with van der Waals surface area (Å²) in [5.74, 6) is -1.25. The van der Waals surface area contributed by atoms with Gasteiger partial charge in [-0.15, -0.1) is 0 Å². The third-order valence-corrected chi connectivity index (χ3v) is 5.62. The van der Waals surface area contributed by atoms with Gasteiger partial charge in [0.2, 0.25) is 5.91 Å². The van der Waals surface area contributed by atoms with Gasteiger partial charge in [0.15, 0.2) is 0 Å². The second kappa shape index (κ2) is 8.14. The highest BCUT2D eigenvalue weighted by molar-refractivity contribution is 6.43. The zero-order valence-corrected chi connectivity index (χ0v) is 17.2. The molecular formula is C24H24N2O4. The molecule has 0 saturated carbocycles. The third kappa shape index (κ3) is 3.38. The first-order valence-corrected chi connectivity index (χ1v) is 10.2. The van der Waals surface area contributed by atoms with Crippen LogP contribution in [0.4, 0.5) is 5.69 Å². The molecule has 6 nitrogen and oxygen atoms in total. The van der Waals surface area contributed by atoms with Gasteiger partial charge in [0, 0.05) is 25.6 Å². The van der Waals surface area contributed by atoms with E-state index in [1.165, 1.54) is 20.5 Å². The van der Waals surface area contributed by atoms with E-state index in [1.807, 2.05) is 30.3 Å². The first-order chi connectivity index (χ1) is 14.5. The second-order valence-corrected chi connectivity index (χ2v) is 7.52. The quantitative estimate of drug-likeness (QED) is 0.576. The van der Waals surface area contributed by atoms with Gasteiger partial charge in [-0.3, -0.25) is 9.59 Å². The number of benzene rings is 2. The van der Waals surface area contributed by atoms with Crippen molar-refractivity contribution in [2.24, 2.45) is 0 Å². The third-order valence-electron chi connectivity index (χ3n) is 5.62. The Balaban J connectivity index is 1.97. The number of imide groups is 1. The molecule has 2 aromatic rings. The molecule has 2 amide bonds. The Hall–Kier alpha value is -3.41. The number of anilines is 1. The van der Waals surface area contributed by atoms with Crippen LogP contribution in [0, 0.1) is 0 Å². The molecule has 1 saturated heterocycles. The van der Waals surface area contributed by atoms with Crippen molar-refractivity contribution in [1.29, 1.82) is 0 Å². The standard InChI is InChI=1S/C24H24N2O4/c1-16(27)26-20-15-18(24(29)30-2)11-12-19(20)21(23(26)28)22(17-9-5-3-6-10-17)25-13-7-4-8-14-25/h3,5-6,9-12,15H,4,7-8,13-14H2,1-2H3/b22-21+. The molecule has 0 bridgehead atoms. The van der Waals surface area contributed by atoms with E-state index in [1.54, 1.807) is 18.2 Å². The van der Waals surface area contributed by atoms with Crippen LogP contribution in [0.5, 0.6) is 0 Å². The molecule has 2 aliphatic rings. The highest BCUT2D eigenvalue weighted by Gasteiger charge is 2.39. The van der Waals surface area contributed by atoms with E-state index < -0.39 is 5.97 Å². The number of hydrogen-bond donors (Lipinski definition) is 0. The first kappa shape index (κ1) is 19.9. The molecule has 2 aromatic carbocycles. The number of amides is 2. The van der Waals surface area contributed by atoms with Crippen LogP contribution in [0.3, 0.4) is 0 Å². The van der Waals surface area contributed by atoms with Crippen LogP contribution >= 0.6 is 0 Å². The number of rotatable bonds is 3. The van der Waals surface area contributed by atoms with Crippen molar-refractivity contribution < 1.29 is 19.1 Å². The van der Waals surface area contributed by atoms with Gasteiger partial charge in [0.05, 0.1) is 29.6 Å². The summed E-state index contributed by atoms with van der Waals surface area (Å²) < 4.78 is 4.81. The molecule has 6 heteroatoms. The average molecular weight is 404 g/mol. The van der Waals surface area contributed by atoms with Crippen LogP contribution in [-0.2, 0) is 14.3 Å². The number of ether oxygens (including phenoxy) is 1. The molecule has 0 unspecified atom stereocenters. The maximum absolute atomic E-state index is 13.5. The van der Waals surface area contributed by atoms with Crippen molar-refractivity contribution in [2.45, 2.75) is 26.2 Å². The minimum Gasteiger partial charge on any atom is -0.465 e. The van der Waals surface area contributed by atoms with E-state index in [-0.39, 0.29) is 11.8 Å². The largest absolute Gasteiger partial charge is 0.465 e.